The van der Waals surface area contributed by atoms with Gasteiger partial charge in [0.15, 0.2) is 6.54 Å². The first-order valence-corrected chi connectivity index (χ1v) is 4.85. The maximum Gasteiger partial charge on any atom is 0.272 e. The van der Waals surface area contributed by atoms with E-state index in [4.69, 9.17) is 17.3 Å². The van der Waals surface area contributed by atoms with Crippen molar-refractivity contribution in [2.24, 2.45) is 5.73 Å². The molecule has 1 atom stereocenters. The van der Waals surface area contributed by atoms with E-state index in [1.165, 1.54) is 0 Å². The molecule has 0 radical (unpaired) electrons. The fourth-order valence-corrected chi connectivity index (χ4v) is 1.57. The highest BCUT2D eigenvalue weighted by Gasteiger charge is 2.12. The number of carbonyl (C=O) groups is 1. The van der Waals surface area contributed by atoms with Crippen LogP contribution in [0.1, 0.15) is 18.5 Å². The van der Waals surface area contributed by atoms with Crippen molar-refractivity contribution < 1.29 is 10.1 Å². The third-order valence-corrected chi connectivity index (χ3v) is 2.41. The lowest BCUT2D eigenvalue weighted by Gasteiger charge is -2.10. The quantitative estimate of drug-likeness (QED) is 0.750. The van der Waals surface area contributed by atoms with Gasteiger partial charge >= 0.3 is 0 Å². The highest BCUT2D eigenvalue weighted by atomic mass is 35.5. The number of benzene rings is 1. The molecule has 1 rings (SSSR count). The summed E-state index contributed by atoms with van der Waals surface area (Å²) in [7, 11) is 0. The number of primary amides is 1. The Hall–Kier alpha value is -1.06. The zero-order valence-corrected chi connectivity index (χ0v) is 8.79. The SMILES string of the molecule is C[C@@H]([NH2+]CC(N)=O)c1ccccc1Cl. The molecule has 0 spiro atoms. The van der Waals surface area contributed by atoms with Crippen LogP contribution in [0.25, 0.3) is 0 Å². The molecule has 0 aromatic heterocycles. The van der Waals surface area contributed by atoms with E-state index in [0.717, 1.165) is 10.6 Å². The van der Waals surface area contributed by atoms with Crippen molar-refractivity contribution in [1.82, 2.24) is 0 Å². The molecule has 0 heterocycles. The van der Waals surface area contributed by atoms with Crippen molar-refractivity contribution in [1.29, 1.82) is 0 Å². The summed E-state index contributed by atoms with van der Waals surface area (Å²) in [4.78, 5) is 10.6. The van der Waals surface area contributed by atoms with Crippen LogP contribution in [0.2, 0.25) is 5.02 Å². The van der Waals surface area contributed by atoms with Gasteiger partial charge in [0.2, 0.25) is 0 Å². The van der Waals surface area contributed by atoms with E-state index in [1.54, 1.807) is 0 Å². The fraction of sp³-hybridized carbons (Fsp3) is 0.300. The van der Waals surface area contributed by atoms with E-state index < -0.39 is 0 Å². The van der Waals surface area contributed by atoms with Gasteiger partial charge in [0.05, 0.1) is 0 Å². The summed E-state index contributed by atoms with van der Waals surface area (Å²) in [5, 5.41) is 2.59. The van der Waals surface area contributed by atoms with Crippen molar-refractivity contribution in [2.75, 3.05) is 6.54 Å². The van der Waals surface area contributed by atoms with Gasteiger partial charge < -0.3 is 11.1 Å². The summed E-state index contributed by atoms with van der Waals surface area (Å²) < 4.78 is 0. The standard InChI is InChI=1S/C10H13ClN2O/c1-7(13-6-10(12)14)8-4-2-3-5-9(8)11/h2-5,7,13H,6H2,1H3,(H2,12,14)/p+1/t7-/m1/s1. The fourth-order valence-electron chi connectivity index (χ4n) is 1.26. The molecule has 0 saturated heterocycles. The van der Waals surface area contributed by atoms with Crippen LogP contribution in [0.4, 0.5) is 0 Å². The van der Waals surface area contributed by atoms with Gasteiger partial charge in [0.25, 0.3) is 5.91 Å². The molecular weight excluding hydrogens is 200 g/mol. The number of hydrogen-bond acceptors (Lipinski definition) is 1. The molecule has 0 aliphatic carbocycles. The number of carbonyl (C=O) groups excluding carboxylic acids is 1. The Morgan fingerprint density at radius 1 is 1.57 bits per heavy atom. The van der Waals surface area contributed by atoms with Crippen LogP contribution in [0.5, 0.6) is 0 Å². The molecule has 76 valence electrons. The zero-order chi connectivity index (χ0) is 10.6. The zero-order valence-electron chi connectivity index (χ0n) is 8.03. The van der Waals surface area contributed by atoms with Gasteiger partial charge in [0, 0.05) is 10.6 Å². The van der Waals surface area contributed by atoms with E-state index in [2.05, 4.69) is 0 Å². The smallest absolute Gasteiger partial charge is 0.272 e. The number of amides is 1. The Morgan fingerprint density at radius 2 is 2.21 bits per heavy atom. The molecule has 0 saturated carbocycles. The normalized spacial score (nSPS) is 12.4. The number of hydrogen-bond donors (Lipinski definition) is 2. The van der Waals surface area contributed by atoms with Crippen molar-refractivity contribution in [3.05, 3.63) is 34.9 Å². The van der Waals surface area contributed by atoms with E-state index in [1.807, 2.05) is 36.5 Å². The predicted molar refractivity (Wildman–Crippen MR) is 55.9 cm³/mol. The lowest BCUT2D eigenvalue weighted by Crippen LogP contribution is -2.86. The molecule has 0 bridgehead atoms. The van der Waals surface area contributed by atoms with Gasteiger partial charge in [-0.2, -0.15) is 0 Å². The lowest BCUT2D eigenvalue weighted by atomic mass is 10.1. The third-order valence-electron chi connectivity index (χ3n) is 2.07. The van der Waals surface area contributed by atoms with Gasteiger partial charge in [-0.25, -0.2) is 0 Å². The second-order valence-corrected chi connectivity index (χ2v) is 3.62. The first kappa shape index (κ1) is 11.0. The van der Waals surface area contributed by atoms with Crippen LogP contribution in [0, 0.1) is 0 Å². The van der Waals surface area contributed by atoms with Crippen LogP contribution in [-0.4, -0.2) is 12.5 Å². The molecule has 4 heteroatoms. The summed E-state index contributed by atoms with van der Waals surface area (Å²) in [5.41, 5.74) is 6.08. The van der Waals surface area contributed by atoms with Crippen LogP contribution >= 0.6 is 11.6 Å². The summed E-state index contributed by atoms with van der Waals surface area (Å²) >= 11 is 6.00. The first-order chi connectivity index (χ1) is 6.61. The van der Waals surface area contributed by atoms with Gasteiger partial charge in [-0.1, -0.05) is 29.8 Å². The molecule has 4 N–H and O–H groups in total. The average molecular weight is 214 g/mol. The lowest BCUT2D eigenvalue weighted by molar-refractivity contribution is -0.682. The minimum atomic E-state index is -0.316. The third kappa shape index (κ3) is 3.01. The molecule has 0 aliphatic heterocycles. The minimum absolute atomic E-state index is 0.149. The Morgan fingerprint density at radius 3 is 2.79 bits per heavy atom. The maximum absolute atomic E-state index is 10.6. The van der Waals surface area contributed by atoms with E-state index in [-0.39, 0.29) is 18.5 Å². The van der Waals surface area contributed by atoms with Gasteiger partial charge in [-0.15, -0.1) is 0 Å². The van der Waals surface area contributed by atoms with Crippen molar-refractivity contribution in [2.45, 2.75) is 13.0 Å². The van der Waals surface area contributed by atoms with Crippen LogP contribution in [-0.2, 0) is 4.79 Å². The van der Waals surface area contributed by atoms with Crippen molar-refractivity contribution >= 4 is 17.5 Å². The first-order valence-electron chi connectivity index (χ1n) is 4.47. The minimum Gasteiger partial charge on any atom is -0.365 e. The number of quaternary nitrogens is 1. The number of nitrogens with two attached hydrogens (primary N) is 2. The van der Waals surface area contributed by atoms with Crippen molar-refractivity contribution in [3.8, 4) is 0 Å². The van der Waals surface area contributed by atoms with Gasteiger partial charge in [-0.3, -0.25) is 4.79 Å². The Bertz CT molecular complexity index is 328. The number of rotatable bonds is 4. The van der Waals surface area contributed by atoms with Gasteiger partial charge in [0.1, 0.15) is 6.04 Å². The van der Waals surface area contributed by atoms with E-state index >= 15 is 0 Å². The molecule has 1 amide bonds. The van der Waals surface area contributed by atoms with Crippen LogP contribution in [0.3, 0.4) is 0 Å². The second-order valence-electron chi connectivity index (χ2n) is 3.22. The van der Waals surface area contributed by atoms with Gasteiger partial charge in [-0.05, 0) is 13.0 Å². The molecule has 1 aromatic rings. The molecule has 1 aromatic carbocycles. The van der Waals surface area contributed by atoms with Crippen molar-refractivity contribution in [3.63, 3.8) is 0 Å². The Labute approximate surface area is 88.2 Å². The maximum atomic E-state index is 10.6. The monoisotopic (exact) mass is 213 g/mol. The summed E-state index contributed by atoms with van der Waals surface area (Å²) in [5.74, 6) is -0.316. The molecule has 0 fully saturated rings. The molecule has 0 unspecified atom stereocenters. The highest BCUT2D eigenvalue weighted by Crippen LogP contribution is 2.19. The summed E-state index contributed by atoms with van der Waals surface area (Å²) in [6, 6.07) is 7.74. The summed E-state index contributed by atoms with van der Waals surface area (Å²) in [6.07, 6.45) is 0. The van der Waals surface area contributed by atoms with E-state index in [9.17, 15) is 4.79 Å². The molecule has 3 nitrogen and oxygen atoms in total. The average Bonchev–Trinajstić information content (AvgIpc) is 2.15. The highest BCUT2D eigenvalue weighted by molar-refractivity contribution is 6.31. The molecule has 14 heavy (non-hydrogen) atoms. The predicted octanol–water partition coefficient (Wildman–Crippen LogP) is 0.450. The van der Waals surface area contributed by atoms with Crippen LogP contribution < -0.4 is 11.1 Å². The molecular formula is C10H14ClN2O+. The Balaban J connectivity index is 2.65. The molecule has 0 aliphatic rings. The second kappa shape index (κ2) is 4.98. The Kier molecular flexibility index (Phi) is 3.92. The van der Waals surface area contributed by atoms with E-state index in [0.29, 0.717) is 0 Å². The van der Waals surface area contributed by atoms with Crippen LogP contribution in [0.15, 0.2) is 24.3 Å². The number of halogens is 1. The summed E-state index contributed by atoms with van der Waals surface area (Å²) in [6.45, 7) is 2.27. The topological polar surface area (TPSA) is 59.7 Å². The largest absolute Gasteiger partial charge is 0.365 e.